The molecule has 90 valence electrons. The average Bonchev–Trinajstić information content (AvgIpc) is 2.23. The lowest BCUT2D eigenvalue weighted by Crippen LogP contribution is -2.27. The number of benzene rings is 1. The zero-order chi connectivity index (χ0) is 12.0. The molecule has 1 aromatic carbocycles. The van der Waals surface area contributed by atoms with Gasteiger partial charge in [-0.05, 0) is 45.8 Å². The molecule has 0 amide bonds. The van der Waals surface area contributed by atoms with Gasteiger partial charge in [-0.3, -0.25) is 0 Å². The van der Waals surface area contributed by atoms with Crippen LogP contribution < -0.4 is 5.73 Å². The Morgan fingerprint density at radius 2 is 2.06 bits per heavy atom. The summed E-state index contributed by atoms with van der Waals surface area (Å²) in [6.07, 6.45) is 2.20. The first-order valence-electron chi connectivity index (χ1n) is 6.07. The predicted octanol–water partition coefficient (Wildman–Crippen LogP) is 2.21. The number of likely N-dealkylation sites (N-methyl/N-ethyl adjacent to an activating group) is 1. The highest BCUT2D eigenvalue weighted by Gasteiger charge is 2.01. The van der Waals surface area contributed by atoms with Gasteiger partial charge in [-0.1, -0.05) is 29.8 Å². The van der Waals surface area contributed by atoms with Gasteiger partial charge >= 0.3 is 0 Å². The Labute approximate surface area is 99.5 Å². The monoisotopic (exact) mass is 220 g/mol. The molecule has 0 aromatic heterocycles. The van der Waals surface area contributed by atoms with Crippen molar-refractivity contribution >= 4 is 0 Å². The van der Waals surface area contributed by atoms with Crippen molar-refractivity contribution in [3.05, 3.63) is 35.4 Å². The van der Waals surface area contributed by atoms with Gasteiger partial charge in [-0.15, -0.1) is 0 Å². The molecule has 0 bridgehead atoms. The Balaban J connectivity index is 2.28. The van der Waals surface area contributed by atoms with Crippen molar-refractivity contribution in [2.45, 2.75) is 32.7 Å². The highest BCUT2D eigenvalue weighted by Crippen LogP contribution is 2.05. The van der Waals surface area contributed by atoms with Crippen LogP contribution in [0.1, 0.15) is 24.5 Å². The van der Waals surface area contributed by atoms with Crippen LogP contribution in [0.15, 0.2) is 24.3 Å². The molecule has 2 nitrogen and oxygen atoms in total. The van der Waals surface area contributed by atoms with Crippen molar-refractivity contribution in [1.29, 1.82) is 0 Å². The van der Waals surface area contributed by atoms with E-state index < -0.39 is 0 Å². The number of nitrogens with zero attached hydrogens (tertiary/aromatic N) is 1. The SMILES string of the molecule is Cc1cccc(CCN(C)CCC(C)N)c1. The van der Waals surface area contributed by atoms with E-state index in [9.17, 15) is 0 Å². The average molecular weight is 220 g/mol. The highest BCUT2D eigenvalue weighted by atomic mass is 15.1. The Hall–Kier alpha value is -0.860. The first kappa shape index (κ1) is 13.2. The predicted molar refractivity (Wildman–Crippen MR) is 70.6 cm³/mol. The summed E-state index contributed by atoms with van der Waals surface area (Å²) in [5, 5.41) is 0. The summed E-state index contributed by atoms with van der Waals surface area (Å²) in [7, 11) is 2.16. The molecule has 0 heterocycles. The molecule has 16 heavy (non-hydrogen) atoms. The van der Waals surface area contributed by atoms with Crippen molar-refractivity contribution in [3.8, 4) is 0 Å². The second kappa shape index (κ2) is 6.66. The first-order chi connectivity index (χ1) is 7.58. The summed E-state index contributed by atoms with van der Waals surface area (Å²) in [5.74, 6) is 0. The van der Waals surface area contributed by atoms with Crippen LogP contribution in [0.4, 0.5) is 0 Å². The molecule has 0 spiro atoms. The van der Waals surface area contributed by atoms with Gasteiger partial charge < -0.3 is 10.6 Å². The van der Waals surface area contributed by atoms with E-state index in [1.165, 1.54) is 11.1 Å². The van der Waals surface area contributed by atoms with Crippen LogP contribution in [0, 0.1) is 6.92 Å². The van der Waals surface area contributed by atoms with E-state index in [0.29, 0.717) is 6.04 Å². The lowest BCUT2D eigenvalue weighted by Gasteiger charge is -2.17. The fourth-order valence-electron chi connectivity index (χ4n) is 1.72. The number of nitrogens with two attached hydrogens (primary N) is 1. The van der Waals surface area contributed by atoms with Gasteiger partial charge in [-0.25, -0.2) is 0 Å². The third-order valence-electron chi connectivity index (χ3n) is 2.83. The Morgan fingerprint density at radius 3 is 2.69 bits per heavy atom. The number of hydrogen-bond donors (Lipinski definition) is 1. The number of rotatable bonds is 6. The fraction of sp³-hybridized carbons (Fsp3) is 0.571. The molecule has 0 saturated heterocycles. The Morgan fingerprint density at radius 1 is 1.31 bits per heavy atom. The zero-order valence-corrected chi connectivity index (χ0v) is 10.7. The fourth-order valence-corrected chi connectivity index (χ4v) is 1.72. The minimum Gasteiger partial charge on any atom is -0.328 e. The molecule has 2 N–H and O–H groups in total. The van der Waals surface area contributed by atoms with Gasteiger partial charge in [0.1, 0.15) is 0 Å². The minimum atomic E-state index is 0.307. The van der Waals surface area contributed by atoms with Gasteiger partial charge in [0.15, 0.2) is 0 Å². The van der Waals surface area contributed by atoms with E-state index in [2.05, 4.69) is 50.1 Å². The van der Waals surface area contributed by atoms with E-state index in [4.69, 9.17) is 5.73 Å². The topological polar surface area (TPSA) is 29.3 Å². The van der Waals surface area contributed by atoms with E-state index in [1.807, 2.05) is 0 Å². The van der Waals surface area contributed by atoms with Crippen LogP contribution in [0.25, 0.3) is 0 Å². The molecule has 0 aliphatic carbocycles. The van der Waals surface area contributed by atoms with Crippen LogP contribution >= 0.6 is 0 Å². The van der Waals surface area contributed by atoms with E-state index in [-0.39, 0.29) is 0 Å². The van der Waals surface area contributed by atoms with Gasteiger partial charge in [0.05, 0.1) is 0 Å². The zero-order valence-electron chi connectivity index (χ0n) is 10.7. The van der Waals surface area contributed by atoms with Crippen LogP contribution in [0.2, 0.25) is 0 Å². The molecule has 1 aromatic rings. The van der Waals surface area contributed by atoms with Crippen molar-refractivity contribution in [1.82, 2.24) is 4.90 Å². The third kappa shape index (κ3) is 5.29. The summed E-state index contributed by atoms with van der Waals surface area (Å²) in [5.41, 5.74) is 8.51. The van der Waals surface area contributed by atoms with Crippen LogP contribution in [-0.4, -0.2) is 31.1 Å². The quantitative estimate of drug-likeness (QED) is 0.796. The molecule has 1 unspecified atom stereocenters. The maximum Gasteiger partial charge on any atom is 0.00226 e. The lowest BCUT2D eigenvalue weighted by atomic mass is 10.1. The van der Waals surface area contributed by atoms with Gasteiger partial charge in [-0.2, -0.15) is 0 Å². The molecular formula is C14H24N2. The molecule has 0 aliphatic heterocycles. The maximum absolute atomic E-state index is 5.74. The minimum absolute atomic E-state index is 0.307. The Bertz CT molecular complexity index is 307. The smallest absolute Gasteiger partial charge is 0.00226 e. The normalized spacial score (nSPS) is 13.1. The largest absolute Gasteiger partial charge is 0.328 e. The number of aryl methyl sites for hydroxylation is 1. The van der Waals surface area contributed by atoms with Crippen molar-refractivity contribution in [2.75, 3.05) is 20.1 Å². The first-order valence-corrected chi connectivity index (χ1v) is 6.07. The molecule has 0 radical (unpaired) electrons. The Kier molecular flexibility index (Phi) is 5.50. The third-order valence-corrected chi connectivity index (χ3v) is 2.83. The van der Waals surface area contributed by atoms with E-state index >= 15 is 0 Å². The van der Waals surface area contributed by atoms with Gasteiger partial charge in [0, 0.05) is 12.6 Å². The summed E-state index contributed by atoms with van der Waals surface area (Å²) in [6, 6.07) is 9.04. The summed E-state index contributed by atoms with van der Waals surface area (Å²) in [4.78, 5) is 2.35. The second-order valence-corrected chi connectivity index (χ2v) is 4.81. The van der Waals surface area contributed by atoms with Gasteiger partial charge in [0.25, 0.3) is 0 Å². The van der Waals surface area contributed by atoms with Crippen LogP contribution in [-0.2, 0) is 6.42 Å². The van der Waals surface area contributed by atoms with E-state index in [0.717, 1.165) is 25.9 Å². The maximum atomic E-state index is 5.74. The lowest BCUT2D eigenvalue weighted by molar-refractivity contribution is 0.324. The molecule has 1 atom stereocenters. The summed E-state index contributed by atoms with van der Waals surface area (Å²) in [6.45, 7) is 6.40. The van der Waals surface area contributed by atoms with Crippen molar-refractivity contribution < 1.29 is 0 Å². The molecule has 1 rings (SSSR count). The van der Waals surface area contributed by atoms with Crippen molar-refractivity contribution in [2.24, 2.45) is 5.73 Å². The standard InChI is InChI=1S/C14H24N2/c1-12-5-4-6-14(11-12)8-10-16(3)9-7-13(2)15/h4-6,11,13H,7-10,15H2,1-3H3. The van der Waals surface area contributed by atoms with E-state index in [1.54, 1.807) is 0 Å². The molecular weight excluding hydrogens is 196 g/mol. The molecule has 0 fully saturated rings. The van der Waals surface area contributed by atoms with Gasteiger partial charge in [0.2, 0.25) is 0 Å². The van der Waals surface area contributed by atoms with Crippen molar-refractivity contribution in [3.63, 3.8) is 0 Å². The summed E-state index contributed by atoms with van der Waals surface area (Å²) >= 11 is 0. The number of hydrogen-bond acceptors (Lipinski definition) is 2. The summed E-state index contributed by atoms with van der Waals surface area (Å²) < 4.78 is 0. The highest BCUT2D eigenvalue weighted by molar-refractivity contribution is 5.22. The molecule has 0 aliphatic rings. The van der Waals surface area contributed by atoms with Crippen LogP contribution in [0.3, 0.4) is 0 Å². The molecule has 2 heteroatoms. The second-order valence-electron chi connectivity index (χ2n) is 4.81. The molecule has 0 saturated carbocycles. The van der Waals surface area contributed by atoms with Crippen LogP contribution in [0.5, 0.6) is 0 Å².